The van der Waals surface area contributed by atoms with Crippen LogP contribution >= 0.6 is 11.6 Å². The van der Waals surface area contributed by atoms with Crippen LogP contribution < -0.4 is 9.62 Å². The van der Waals surface area contributed by atoms with Crippen molar-refractivity contribution in [3.63, 3.8) is 0 Å². The first-order chi connectivity index (χ1) is 18.0. The molecule has 1 N–H and O–H groups in total. The van der Waals surface area contributed by atoms with Crippen LogP contribution in [0.15, 0.2) is 72.8 Å². The van der Waals surface area contributed by atoms with Gasteiger partial charge in [-0.2, -0.15) is 0 Å². The Bertz CT molecular complexity index is 1370. The van der Waals surface area contributed by atoms with Crippen molar-refractivity contribution in [2.24, 2.45) is 0 Å². The summed E-state index contributed by atoms with van der Waals surface area (Å²) in [5.41, 5.74) is 1.32. The van der Waals surface area contributed by atoms with E-state index >= 15 is 0 Å². The highest BCUT2D eigenvalue weighted by Crippen LogP contribution is 2.25. The van der Waals surface area contributed by atoms with Crippen LogP contribution in [-0.2, 0) is 32.6 Å². The predicted octanol–water partition coefficient (Wildman–Crippen LogP) is 4.16. The fourth-order valence-corrected chi connectivity index (χ4v) is 4.90. The highest BCUT2D eigenvalue weighted by molar-refractivity contribution is 7.92. The Morgan fingerprint density at radius 3 is 2.21 bits per heavy atom. The van der Waals surface area contributed by atoms with E-state index in [1.807, 2.05) is 18.2 Å². The summed E-state index contributed by atoms with van der Waals surface area (Å²) in [4.78, 5) is 28.3. The lowest BCUT2D eigenvalue weighted by molar-refractivity contribution is -0.140. The van der Waals surface area contributed by atoms with Crippen LogP contribution in [0, 0.1) is 11.6 Å². The SMILES string of the molecule is CCNC(=O)C(Cc1ccccc1)N(Cc1ccc(F)cc1)C(=O)CN(c1ccc(F)c(Cl)c1)S(C)(=O)=O. The average Bonchev–Trinajstić information content (AvgIpc) is 2.87. The van der Waals surface area contributed by atoms with E-state index in [1.54, 1.807) is 19.1 Å². The van der Waals surface area contributed by atoms with Gasteiger partial charge in [0.25, 0.3) is 0 Å². The topological polar surface area (TPSA) is 86.8 Å². The summed E-state index contributed by atoms with van der Waals surface area (Å²) < 4.78 is 53.5. The molecule has 3 aromatic rings. The molecule has 0 heterocycles. The van der Waals surface area contributed by atoms with Crippen LogP contribution in [0.1, 0.15) is 18.1 Å². The molecule has 0 saturated carbocycles. The predicted molar refractivity (Wildman–Crippen MR) is 143 cm³/mol. The second-order valence-corrected chi connectivity index (χ2v) is 10.9. The van der Waals surface area contributed by atoms with Crippen LogP contribution in [0.5, 0.6) is 0 Å². The van der Waals surface area contributed by atoms with E-state index in [2.05, 4.69) is 5.32 Å². The van der Waals surface area contributed by atoms with Gasteiger partial charge in [0.05, 0.1) is 17.0 Å². The highest BCUT2D eigenvalue weighted by atomic mass is 35.5. The molecule has 2 amide bonds. The first-order valence-corrected chi connectivity index (χ1v) is 14.0. The molecule has 3 aromatic carbocycles. The molecule has 0 fully saturated rings. The summed E-state index contributed by atoms with van der Waals surface area (Å²) in [7, 11) is -4.02. The summed E-state index contributed by atoms with van der Waals surface area (Å²) in [6, 6.07) is 16.8. The van der Waals surface area contributed by atoms with Crippen molar-refractivity contribution in [3.8, 4) is 0 Å². The average molecular weight is 564 g/mol. The first-order valence-electron chi connectivity index (χ1n) is 11.8. The largest absolute Gasteiger partial charge is 0.355 e. The number of sulfonamides is 1. The Morgan fingerprint density at radius 2 is 1.63 bits per heavy atom. The first kappa shape index (κ1) is 29.1. The van der Waals surface area contributed by atoms with Crippen molar-refractivity contribution in [1.29, 1.82) is 0 Å². The van der Waals surface area contributed by atoms with Crippen molar-refractivity contribution in [1.82, 2.24) is 10.2 Å². The van der Waals surface area contributed by atoms with Gasteiger partial charge in [-0.1, -0.05) is 54.1 Å². The molecule has 1 unspecified atom stereocenters. The summed E-state index contributed by atoms with van der Waals surface area (Å²) >= 11 is 5.87. The third kappa shape index (κ3) is 7.75. The van der Waals surface area contributed by atoms with E-state index in [4.69, 9.17) is 11.6 Å². The number of nitrogens with zero attached hydrogens (tertiary/aromatic N) is 2. The lowest BCUT2D eigenvalue weighted by atomic mass is 10.0. The Hall–Kier alpha value is -3.50. The number of benzene rings is 3. The normalized spacial score (nSPS) is 12.0. The second-order valence-electron chi connectivity index (χ2n) is 8.62. The molecule has 0 spiro atoms. The summed E-state index contributed by atoms with van der Waals surface area (Å²) in [5, 5.41) is 2.43. The summed E-state index contributed by atoms with van der Waals surface area (Å²) in [6.07, 6.45) is 1.06. The minimum Gasteiger partial charge on any atom is -0.355 e. The Balaban J connectivity index is 2.04. The molecule has 0 aliphatic rings. The number of amides is 2. The minimum absolute atomic E-state index is 0.00778. The molecule has 0 aliphatic carbocycles. The van der Waals surface area contributed by atoms with Crippen LogP contribution in [0.4, 0.5) is 14.5 Å². The molecule has 0 bridgehead atoms. The molecule has 1 atom stereocenters. The van der Waals surface area contributed by atoms with Crippen molar-refractivity contribution in [3.05, 3.63) is 101 Å². The van der Waals surface area contributed by atoms with Crippen molar-refractivity contribution in [2.75, 3.05) is 23.7 Å². The zero-order chi connectivity index (χ0) is 27.9. The zero-order valence-electron chi connectivity index (χ0n) is 20.9. The van der Waals surface area contributed by atoms with Gasteiger partial charge in [-0.3, -0.25) is 13.9 Å². The lowest BCUT2D eigenvalue weighted by Crippen LogP contribution is -2.53. The number of nitrogens with one attached hydrogen (secondary N) is 1. The molecule has 0 radical (unpaired) electrons. The van der Waals surface area contributed by atoms with Gasteiger partial charge in [0.1, 0.15) is 24.2 Å². The third-order valence-electron chi connectivity index (χ3n) is 5.76. The highest BCUT2D eigenvalue weighted by Gasteiger charge is 2.33. The van der Waals surface area contributed by atoms with Crippen molar-refractivity contribution in [2.45, 2.75) is 25.9 Å². The van der Waals surface area contributed by atoms with Crippen molar-refractivity contribution >= 4 is 39.1 Å². The molecule has 7 nitrogen and oxygen atoms in total. The van der Waals surface area contributed by atoms with E-state index in [1.165, 1.54) is 35.2 Å². The van der Waals surface area contributed by atoms with Gasteiger partial charge in [-0.25, -0.2) is 17.2 Å². The number of anilines is 1. The molecule has 38 heavy (non-hydrogen) atoms. The third-order valence-corrected chi connectivity index (χ3v) is 7.19. The molecular formula is C27H28ClF2N3O4S. The van der Waals surface area contributed by atoms with Crippen LogP contribution in [0.3, 0.4) is 0 Å². The van der Waals surface area contributed by atoms with Crippen LogP contribution in [0.25, 0.3) is 0 Å². The number of rotatable bonds is 11. The lowest BCUT2D eigenvalue weighted by Gasteiger charge is -2.33. The van der Waals surface area contributed by atoms with Gasteiger partial charge < -0.3 is 10.2 Å². The van der Waals surface area contributed by atoms with Gasteiger partial charge >= 0.3 is 0 Å². The Labute approximate surface area is 226 Å². The van der Waals surface area contributed by atoms with Crippen LogP contribution in [-0.4, -0.2) is 50.5 Å². The maximum absolute atomic E-state index is 13.8. The number of hydrogen-bond acceptors (Lipinski definition) is 4. The molecular weight excluding hydrogens is 536 g/mol. The second kappa shape index (κ2) is 12.8. The minimum atomic E-state index is -4.02. The van der Waals surface area contributed by atoms with Gasteiger partial charge in [0, 0.05) is 19.5 Å². The number of likely N-dealkylation sites (N-methyl/N-ethyl adjacent to an activating group) is 1. The number of carbonyl (C=O) groups is 2. The van der Waals surface area contributed by atoms with E-state index in [-0.39, 0.29) is 23.7 Å². The monoisotopic (exact) mass is 563 g/mol. The van der Waals surface area contributed by atoms with E-state index in [9.17, 15) is 26.8 Å². The molecule has 11 heteroatoms. The maximum atomic E-state index is 13.8. The van der Waals surface area contributed by atoms with Crippen LogP contribution in [0.2, 0.25) is 5.02 Å². The van der Waals surface area contributed by atoms with Crippen molar-refractivity contribution < 1.29 is 26.8 Å². The quantitative estimate of drug-likeness (QED) is 0.379. The Kier molecular flexibility index (Phi) is 9.82. The summed E-state index contributed by atoms with van der Waals surface area (Å²) in [6.45, 7) is 1.29. The fraction of sp³-hybridized carbons (Fsp3) is 0.259. The molecule has 202 valence electrons. The number of carbonyl (C=O) groups excluding carboxylic acids is 2. The number of hydrogen-bond donors (Lipinski definition) is 1. The zero-order valence-corrected chi connectivity index (χ0v) is 22.5. The fourth-order valence-electron chi connectivity index (χ4n) is 3.89. The Morgan fingerprint density at radius 1 is 0.974 bits per heavy atom. The molecule has 0 aliphatic heterocycles. The van der Waals surface area contributed by atoms with Gasteiger partial charge in [-0.05, 0) is 48.4 Å². The molecule has 0 saturated heterocycles. The summed E-state index contributed by atoms with van der Waals surface area (Å²) in [5.74, 6) is -2.32. The van der Waals surface area contributed by atoms with E-state index < -0.39 is 46.1 Å². The molecule has 0 aromatic heterocycles. The smallest absolute Gasteiger partial charge is 0.244 e. The van der Waals surface area contributed by atoms with E-state index in [0.717, 1.165) is 28.3 Å². The number of halogens is 3. The van der Waals surface area contributed by atoms with Gasteiger partial charge in [-0.15, -0.1) is 0 Å². The maximum Gasteiger partial charge on any atom is 0.244 e. The molecule has 3 rings (SSSR count). The van der Waals surface area contributed by atoms with Gasteiger partial charge in [0.15, 0.2) is 0 Å². The van der Waals surface area contributed by atoms with Gasteiger partial charge in [0.2, 0.25) is 21.8 Å². The standard InChI is InChI=1S/C27H28ClF2N3O4S/c1-3-31-27(35)25(15-19-7-5-4-6-8-19)32(17-20-9-11-21(29)12-10-20)26(34)18-33(38(2,36)37)22-13-14-24(30)23(28)16-22/h4-14,16,25H,3,15,17-18H2,1-2H3,(H,31,35). The van der Waals surface area contributed by atoms with E-state index in [0.29, 0.717) is 12.1 Å².